The Kier molecular flexibility index (Phi) is 9.15. The van der Waals surface area contributed by atoms with Crippen LogP contribution in [0, 0.1) is 11.3 Å². The fourth-order valence-corrected chi connectivity index (χ4v) is 3.80. The van der Waals surface area contributed by atoms with Gasteiger partial charge in [0.25, 0.3) is 5.65 Å². The van der Waals surface area contributed by atoms with Gasteiger partial charge in [-0.3, -0.25) is 19.6 Å². The zero-order valence-corrected chi connectivity index (χ0v) is 16.2. The van der Waals surface area contributed by atoms with E-state index in [1.807, 2.05) is 13.8 Å². The molecule has 3 atom stereocenters. The van der Waals surface area contributed by atoms with Crippen molar-refractivity contribution in [2.45, 2.75) is 45.8 Å². The molecule has 0 aromatic carbocycles. The topological polar surface area (TPSA) is 108 Å². The van der Waals surface area contributed by atoms with E-state index in [-0.39, 0.29) is 17.7 Å². The summed E-state index contributed by atoms with van der Waals surface area (Å²) in [6.45, 7) is 12.9. The summed E-state index contributed by atoms with van der Waals surface area (Å²) < 4.78 is 0. The molecule has 138 valence electrons. The van der Waals surface area contributed by atoms with Gasteiger partial charge in [-0.25, -0.2) is 5.48 Å². The Balaban J connectivity index is 5.49. The average molecular weight is 359 g/mol. The molecule has 0 saturated heterocycles. The summed E-state index contributed by atoms with van der Waals surface area (Å²) in [5.74, 6) is -0.518. The second kappa shape index (κ2) is 9.74. The first kappa shape index (κ1) is 22.5. The zero-order chi connectivity index (χ0) is 19.1. The lowest BCUT2D eigenvalue weighted by Crippen LogP contribution is -2.55. The Labute approximate surface area is 145 Å². The summed E-state index contributed by atoms with van der Waals surface area (Å²) >= 11 is 0. The molecule has 0 heterocycles. The lowest BCUT2D eigenvalue weighted by molar-refractivity contribution is -0.130. The quantitative estimate of drug-likeness (QED) is 0.219. The molecule has 24 heavy (non-hydrogen) atoms. The van der Waals surface area contributed by atoms with Crippen LogP contribution in [0.3, 0.4) is 0 Å². The molecular weight excluding hydrogens is 329 g/mol. The molecule has 0 bridgehead atoms. The van der Waals surface area contributed by atoms with Gasteiger partial charge in [-0.2, -0.15) is 0 Å². The third-order valence-electron chi connectivity index (χ3n) is 3.95. The monoisotopic (exact) mass is 359 g/mol. The number of nitrogens with one attached hydrogen (secondary N) is 3. The Hall–Kier alpha value is -1.46. The van der Waals surface area contributed by atoms with Gasteiger partial charge in [0, 0.05) is 12.5 Å². The van der Waals surface area contributed by atoms with Crippen molar-refractivity contribution in [1.82, 2.24) is 16.1 Å². The maximum atomic E-state index is 12.8. The number of hydrogen-bond acceptors (Lipinski definition) is 4. The van der Waals surface area contributed by atoms with Gasteiger partial charge in [-0.1, -0.05) is 33.8 Å². The predicted octanol–water partition coefficient (Wildman–Crippen LogP) is 2.05. The minimum absolute atomic E-state index is 0.183. The van der Waals surface area contributed by atoms with Crippen molar-refractivity contribution in [1.29, 1.82) is 0 Å². The second-order valence-electron chi connectivity index (χ2n) is 6.75. The number of amides is 3. The summed E-state index contributed by atoms with van der Waals surface area (Å²) in [7, 11) is 0.0571. The van der Waals surface area contributed by atoms with Crippen molar-refractivity contribution in [2.24, 2.45) is 11.3 Å². The Morgan fingerprint density at radius 1 is 1.25 bits per heavy atom. The molecule has 0 spiro atoms. The van der Waals surface area contributed by atoms with Gasteiger partial charge >= 0.3 is 0 Å². The van der Waals surface area contributed by atoms with E-state index in [1.165, 1.54) is 7.05 Å². The second-order valence-corrected chi connectivity index (χ2v) is 9.01. The van der Waals surface area contributed by atoms with Crippen molar-refractivity contribution in [3.8, 4) is 0 Å². The predicted molar refractivity (Wildman–Crippen MR) is 96.4 cm³/mol. The minimum atomic E-state index is -1.44. The number of likely N-dealkylation sites (N-methyl/N-ethyl adjacent to an activating group) is 1. The zero-order valence-electron chi connectivity index (χ0n) is 15.3. The van der Waals surface area contributed by atoms with E-state index in [9.17, 15) is 14.4 Å². The van der Waals surface area contributed by atoms with Gasteiger partial charge in [0.05, 0.1) is 5.66 Å². The largest absolute Gasteiger partial charge is 0.357 e. The summed E-state index contributed by atoms with van der Waals surface area (Å²) in [5.41, 5.74) is -0.204. The summed E-state index contributed by atoms with van der Waals surface area (Å²) in [5, 5.41) is 14.1. The van der Waals surface area contributed by atoms with Crippen LogP contribution in [0.25, 0.3) is 0 Å². The lowest BCUT2D eigenvalue weighted by Gasteiger charge is -2.33. The van der Waals surface area contributed by atoms with Crippen molar-refractivity contribution in [3.63, 3.8) is 0 Å². The standard InChI is InChI=1S/C16H30N3O4P/c1-8-16(4,5)12(14(21)17-6)18-13(20)11(9-10(2)3)24(7)15(22)19-23/h8,10-12,23H,1,9H2,2-7H3,(H,17,21)(H,18,20)(H,19,22). The van der Waals surface area contributed by atoms with Gasteiger partial charge in [0.2, 0.25) is 11.8 Å². The van der Waals surface area contributed by atoms with Crippen LogP contribution in [-0.4, -0.2) is 48.1 Å². The molecular formula is C16H30N3O4P. The summed E-state index contributed by atoms with van der Waals surface area (Å²) in [6, 6.07) is -0.803. The maximum Gasteiger partial charge on any atom is 0.264 e. The first-order valence-electron chi connectivity index (χ1n) is 7.84. The van der Waals surface area contributed by atoms with Crippen LogP contribution in [0.15, 0.2) is 12.7 Å². The van der Waals surface area contributed by atoms with E-state index in [4.69, 9.17) is 5.21 Å². The maximum absolute atomic E-state index is 12.8. The van der Waals surface area contributed by atoms with E-state index in [1.54, 1.807) is 32.1 Å². The number of rotatable bonds is 9. The molecule has 8 heteroatoms. The highest BCUT2D eigenvalue weighted by molar-refractivity contribution is 7.75. The lowest BCUT2D eigenvalue weighted by atomic mass is 9.83. The number of hydroxylamine groups is 1. The van der Waals surface area contributed by atoms with Crippen LogP contribution in [-0.2, 0) is 9.59 Å². The molecule has 0 fully saturated rings. The molecule has 4 N–H and O–H groups in total. The van der Waals surface area contributed by atoms with Crippen LogP contribution < -0.4 is 16.1 Å². The highest BCUT2D eigenvalue weighted by Gasteiger charge is 2.37. The van der Waals surface area contributed by atoms with Gasteiger partial charge in [0.15, 0.2) is 0 Å². The normalized spacial score (nSPS) is 15.2. The van der Waals surface area contributed by atoms with E-state index in [0.717, 1.165) is 0 Å². The molecule has 0 aromatic rings. The number of hydrogen-bond donors (Lipinski definition) is 4. The van der Waals surface area contributed by atoms with Crippen LogP contribution in [0.1, 0.15) is 34.1 Å². The Morgan fingerprint density at radius 2 is 1.79 bits per heavy atom. The fraction of sp³-hybridized carbons (Fsp3) is 0.688. The summed E-state index contributed by atoms with van der Waals surface area (Å²) in [4.78, 5) is 36.7. The van der Waals surface area contributed by atoms with Gasteiger partial charge < -0.3 is 10.6 Å². The third-order valence-corrected chi connectivity index (χ3v) is 6.07. The average Bonchev–Trinajstić information content (AvgIpc) is 2.54. The molecule has 7 nitrogen and oxygen atoms in total. The van der Waals surface area contributed by atoms with Crippen molar-refractivity contribution >= 4 is 25.4 Å². The molecule has 0 aliphatic carbocycles. The van der Waals surface area contributed by atoms with Gasteiger partial charge in [-0.15, -0.1) is 6.58 Å². The van der Waals surface area contributed by atoms with Crippen LogP contribution in [0.2, 0.25) is 0 Å². The first-order chi connectivity index (χ1) is 11.0. The highest BCUT2D eigenvalue weighted by Crippen LogP contribution is 2.41. The molecule has 3 unspecified atom stereocenters. The molecule has 0 aliphatic rings. The minimum Gasteiger partial charge on any atom is -0.357 e. The third kappa shape index (κ3) is 6.21. The van der Waals surface area contributed by atoms with Crippen molar-refractivity contribution < 1.29 is 19.6 Å². The van der Waals surface area contributed by atoms with E-state index >= 15 is 0 Å². The smallest absolute Gasteiger partial charge is 0.264 e. The van der Waals surface area contributed by atoms with E-state index in [2.05, 4.69) is 17.2 Å². The highest BCUT2D eigenvalue weighted by atomic mass is 31.1. The number of carbonyl (C=O) groups excluding carboxylic acids is 3. The van der Waals surface area contributed by atoms with Crippen LogP contribution in [0.5, 0.6) is 0 Å². The summed E-state index contributed by atoms with van der Waals surface area (Å²) in [6.07, 6.45) is 2.09. The van der Waals surface area contributed by atoms with Crippen molar-refractivity contribution in [3.05, 3.63) is 12.7 Å². The van der Waals surface area contributed by atoms with Crippen LogP contribution >= 0.6 is 7.92 Å². The fourth-order valence-electron chi connectivity index (χ4n) is 2.20. The Morgan fingerprint density at radius 3 is 2.17 bits per heavy atom. The van der Waals surface area contributed by atoms with Gasteiger partial charge in [-0.05, 0) is 26.9 Å². The molecule has 0 aromatic heterocycles. The van der Waals surface area contributed by atoms with E-state index in [0.29, 0.717) is 6.42 Å². The van der Waals surface area contributed by atoms with Crippen LogP contribution in [0.4, 0.5) is 4.79 Å². The molecule has 0 rings (SSSR count). The molecule has 0 saturated carbocycles. The van der Waals surface area contributed by atoms with E-state index < -0.39 is 30.7 Å². The van der Waals surface area contributed by atoms with Gasteiger partial charge in [0.1, 0.15) is 6.04 Å². The Bertz CT molecular complexity index is 480. The first-order valence-corrected chi connectivity index (χ1v) is 9.70. The van der Waals surface area contributed by atoms with Crippen molar-refractivity contribution in [2.75, 3.05) is 13.7 Å². The number of carbonyl (C=O) groups is 3. The molecule has 3 amide bonds. The SMILES string of the molecule is C=CC(C)(C)C(NC(=O)C(CC(C)C)P(C)C(=O)NO)C(=O)NC. The molecule has 0 aliphatic heterocycles. The molecule has 0 radical (unpaired) electrons.